The molecule has 1 fully saturated rings. The van der Waals surface area contributed by atoms with E-state index < -0.39 is 10.8 Å². The molecule has 1 N–H and O–H groups in total. The lowest BCUT2D eigenvalue weighted by molar-refractivity contribution is -0.384. The number of nitrogens with zero attached hydrogens (tertiary/aromatic N) is 1. The molecular weight excluding hydrogens is 319 g/mol. The van der Waals surface area contributed by atoms with Gasteiger partial charge in [0.1, 0.15) is 5.02 Å². The van der Waals surface area contributed by atoms with Crippen LogP contribution < -0.4 is 5.32 Å². The summed E-state index contributed by atoms with van der Waals surface area (Å²) in [6, 6.07) is 2.43. The molecule has 1 aliphatic carbocycles. The monoisotopic (exact) mass is 332 g/mol. The molecule has 0 unspecified atom stereocenters. The molecule has 114 valence electrons. The van der Waals surface area contributed by atoms with E-state index in [1.165, 1.54) is 6.07 Å². The van der Waals surface area contributed by atoms with Crippen molar-refractivity contribution in [3.8, 4) is 0 Å². The summed E-state index contributed by atoms with van der Waals surface area (Å²) in [7, 11) is 1.61. The van der Waals surface area contributed by atoms with Crippen molar-refractivity contribution in [1.82, 2.24) is 5.32 Å². The molecule has 1 aromatic rings. The van der Waals surface area contributed by atoms with Crippen LogP contribution in [-0.4, -0.2) is 30.1 Å². The van der Waals surface area contributed by atoms with E-state index in [1.807, 2.05) is 0 Å². The van der Waals surface area contributed by atoms with Gasteiger partial charge in [0.15, 0.2) is 0 Å². The maximum absolute atomic E-state index is 12.1. The first-order valence-electron chi connectivity index (χ1n) is 6.35. The number of carbonyl (C=O) groups is 1. The Morgan fingerprint density at radius 1 is 1.48 bits per heavy atom. The third-order valence-corrected chi connectivity index (χ3v) is 4.53. The first-order chi connectivity index (χ1) is 9.88. The van der Waals surface area contributed by atoms with Crippen molar-refractivity contribution in [1.29, 1.82) is 0 Å². The van der Waals surface area contributed by atoms with Crippen LogP contribution in [0, 0.1) is 10.1 Å². The van der Waals surface area contributed by atoms with Crippen LogP contribution in [-0.2, 0) is 4.74 Å². The zero-order valence-electron chi connectivity index (χ0n) is 11.3. The van der Waals surface area contributed by atoms with Crippen molar-refractivity contribution >= 4 is 34.8 Å². The summed E-state index contributed by atoms with van der Waals surface area (Å²) in [6.45, 7) is 0.358. The molecule has 1 saturated carbocycles. The summed E-state index contributed by atoms with van der Waals surface area (Å²) in [6.07, 6.45) is 2.82. The van der Waals surface area contributed by atoms with Gasteiger partial charge in [-0.1, -0.05) is 23.2 Å². The van der Waals surface area contributed by atoms with E-state index in [4.69, 9.17) is 27.9 Å². The highest BCUT2D eigenvalue weighted by molar-refractivity contribution is 6.43. The van der Waals surface area contributed by atoms with Crippen LogP contribution >= 0.6 is 23.2 Å². The predicted molar refractivity (Wildman–Crippen MR) is 79.0 cm³/mol. The number of nitrogens with one attached hydrogen (secondary N) is 1. The Balaban J connectivity index is 2.14. The second-order valence-electron chi connectivity index (χ2n) is 4.97. The van der Waals surface area contributed by atoms with Gasteiger partial charge in [0.2, 0.25) is 0 Å². The highest BCUT2D eigenvalue weighted by Gasteiger charge is 2.37. The number of hydrogen-bond donors (Lipinski definition) is 1. The molecule has 0 bridgehead atoms. The lowest BCUT2D eigenvalue weighted by Crippen LogP contribution is -2.49. The first-order valence-corrected chi connectivity index (χ1v) is 7.11. The Morgan fingerprint density at radius 3 is 2.62 bits per heavy atom. The highest BCUT2D eigenvalue weighted by Crippen LogP contribution is 2.35. The van der Waals surface area contributed by atoms with E-state index in [1.54, 1.807) is 7.11 Å². The molecule has 8 heteroatoms. The number of halogens is 2. The number of amides is 1. The first kappa shape index (κ1) is 16.0. The lowest BCUT2D eigenvalue weighted by Gasteiger charge is -2.40. The quantitative estimate of drug-likeness (QED) is 0.663. The summed E-state index contributed by atoms with van der Waals surface area (Å²) in [5.74, 6) is -0.444. The topological polar surface area (TPSA) is 81.5 Å². The molecule has 0 spiro atoms. The highest BCUT2D eigenvalue weighted by atomic mass is 35.5. The van der Waals surface area contributed by atoms with Gasteiger partial charge in [-0.15, -0.1) is 0 Å². The Morgan fingerprint density at radius 2 is 2.14 bits per heavy atom. The van der Waals surface area contributed by atoms with E-state index in [0.717, 1.165) is 25.3 Å². The van der Waals surface area contributed by atoms with Crippen molar-refractivity contribution in [3.05, 3.63) is 37.9 Å². The molecule has 1 aliphatic rings. The number of hydrogen-bond acceptors (Lipinski definition) is 4. The number of methoxy groups -OCH3 is 1. The Bertz CT molecular complexity index is 582. The van der Waals surface area contributed by atoms with Crippen LogP contribution in [0.4, 0.5) is 5.69 Å². The van der Waals surface area contributed by atoms with E-state index in [9.17, 15) is 14.9 Å². The molecule has 21 heavy (non-hydrogen) atoms. The number of benzene rings is 1. The standard InChI is InChI=1S/C13H14Cl2N2O4/c1-21-13(3-2-4-13)7-16-12(18)8-5-9(14)11(15)10(6-8)17(19)20/h5-6H,2-4,7H2,1H3,(H,16,18). The minimum absolute atomic E-state index is 0.0267. The fourth-order valence-corrected chi connectivity index (χ4v) is 2.60. The summed E-state index contributed by atoms with van der Waals surface area (Å²) in [5, 5.41) is 13.4. The van der Waals surface area contributed by atoms with Crippen LogP contribution in [0.5, 0.6) is 0 Å². The third kappa shape index (κ3) is 3.28. The summed E-state index contributed by atoms with van der Waals surface area (Å²) in [5.41, 5.74) is -0.612. The van der Waals surface area contributed by atoms with Crippen molar-refractivity contribution in [2.75, 3.05) is 13.7 Å². The predicted octanol–water partition coefficient (Wildman–Crippen LogP) is 3.20. The molecule has 0 atom stereocenters. The maximum atomic E-state index is 12.1. The normalized spacial score (nSPS) is 16.1. The molecule has 1 aromatic carbocycles. The smallest absolute Gasteiger partial charge is 0.290 e. The van der Waals surface area contributed by atoms with E-state index in [-0.39, 0.29) is 26.9 Å². The number of nitro groups is 1. The van der Waals surface area contributed by atoms with Crippen molar-refractivity contribution in [2.24, 2.45) is 0 Å². The van der Waals surface area contributed by atoms with Gasteiger partial charge in [0.05, 0.1) is 15.5 Å². The molecule has 1 amide bonds. The minimum Gasteiger partial charge on any atom is -0.376 e. The molecule has 0 saturated heterocycles. The van der Waals surface area contributed by atoms with Gasteiger partial charge in [-0.25, -0.2) is 0 Å². The number of ether oxygens (including phenoxy) is 1. The molecule has 0 aromatic heterocycles. The van der Waals surface area contributed by atoms with Crippen LogP contribution in [0.3, 0.4) is 0 Å². The zero-order chi connectivity index (χ0) is 15.6. The van der Waals surface area contributed by atoms with Gasteiger partial charge < -0.3 is 10.1 Å². The minimum atomic E-state index is -0.673. The average Bonchev–Trinajstić information content (AvgIpc) is 2.40. The van der Waals surface area contributed by atoms with E-state index in [0.29, 0.717) is 6.54 Å². The SMILES string of the molecule is COC1(CNC(=O)c2cc(Cl)c(Cl)c([N+](=O)[O-])c2)CCC1. The van der Waals surface area contributed by atoms with Gasteiger partial charge >= 0.3 is 0 Å². The van der Waals surface area contributed by atoms with Gasteiger partial charge in [-0.05, 0) is 25.3 Å². The van der Waals surface area contributed by atoms with Gasteiger partial charge in [0, 0.05) is 25.3 Å². The van der Waals surface area contributed by atoms with E-state index in [2.05, 4.69) is 5.32 Å². The van der Waals surface area contributed by atoms with Crippen molar-refractivity contribution in [2.45, 2.75) is 24.9 Å². The fraction of sp³-hybridized carbons (Fsp3) is 0.462. The molecule has 0 radical (unpaired) electrons. The Labute approximate surface area is 131 Å². The number of nitro benzene ring substituents is 1. The second kappa shape index (κ2) is 6.17. The van der Waals surface area contributed by atoms with Crippen LogP contribution in [0.25, 0.3) is 0 Å². The second-order valence-corrected chi connectivity index (χ2v) is 5.76. The molecule has 2 rings (SSSR count). The third-order valence-electron chi connectivity index (χ3n) is 3.74. The number of rotatable bonds is 5. The summed E-state index contributed by atoms with van der Waals surface area (Å²) in [4.78, 5) is 22.3. The van der Waals surface area contributed by atoms with E-state index >= 15 is 0 Å². The van der Waals surface area contributed by atoms with Crippen molar-refractivity contribution in [3.63, 3.8) is 0 Å². The lowest BCUT2D eigenvalue weighted by atomic mass is 9.80. The zero-order valence-corrected chi connectivity index (χ0v) is 12.8. The molecule has 0 heterocycles. The van der Waals surface area contributed by atoms with Crippen LogP contribution in [0.1, 0.15) is 29.6 Å². The molecule has 0 aliphatic heterocycles. The largest absolute Gasteiger partial charge is 0.376 e. The number of carbonyl (C=O) groups excluding carboxylic acids is 1. The van der Waals surface area contributed by atoms with Crippen LogP contribution in [0.2, 0.25) is 10.0 Å². The van der Waals surface area contributed by atoms with Crippen LogP contribution in [0.15, 0.2) is 12.1 Å². The van der Waals surface area contributed by atoms with Gasteiger partial charge in [-0.2, -0.15) is 0 Å². The molecular formula is C13H14Cl2N2O4. The summed E-state index contributed by atoms with van der Waals surface area (Å²) < 4.78 is 5.39. The average molecular weight is 333 g/mol. The summed E-state index contributed by atoms with van der Waals surface area (Å²) >= 11 is 11.6. The maximum Gasteiger partial charge on any atom is 0.290 e. The van der Waals surface area contributed by atoms with Gasteiger partial charge in [0.25, 0.3) is 11.6 Å². The fourth-order valence-electron chi connectivity index (χ4n) is 2.21. The Kier molecular flexibility index (Phi) is 4.70. The Hall–Kier alpha value is -1.37. The molecule has 6 nitrogen and oxygen atoms in total. The van der Waals surface area contributed by atoms with Gasteiger partial charge in [-0.3, -0.25) is 14.9 Å². The van der Waals surface area contributed by atoms with Crippen molar-refractivity contribution < 1.29 is 14.5 Å².